The summed E-state index contributed by atoms with van der Waals surface area (Å²) in [6, 6.07) is 0. The maximum absolute atomic E-state index is 11.1. The predicted molar refractivity (Wildman–Crippen MR) is 117 cm³/mol. The number of hydrogen-bond donors (Lipinski definition) is 2. The number of esters is 1. The summed E-state index contributed by atoms with van der Waals surface area (Å²) in [4.78, 5) is 11.1. The molecule has 2 atom stereocenters. The van der Waals surface area contributed by atoms with Gasteiger partial charge in [0, 0.05) is 11.6 Å². The summed E-state index contributed by atoms with van der Waals surface area (Å²) in [6.45, 7) is 10.8. The summed E-state index contributed by atoms with van der Waals surface area (Å²) in [5, 5.41) is 20.4. The Morgan fingerprint density at radius 3 is 2.72 bits per heavy atom. The standard InChI is InChI=1S/C25H38O4/c1-18(9-6-12-20-17-22(26)29-23(20)27)10-7-15-25(5,28)16-13-21-19(2)11-8-14-24(21,3)4/h7,9,15,17,23,27-28H,6,8,10-14,16H2,1-5H3/b15-7+,18-9+. The molecule has 0 aromatic rings. The third kappa shape index (κ3) is 7.27. The lowest BCUT2D eigenvalue weighted by Gasteiger charge is -2.36. The number of carbonyl (C=O) groups is 1. The van der Waals surface area contributed by atoms with Gasteiger partial charge in [-0.3, -0.25) is 0 Å². The van der Waals surface area contributed by atoms with Gasteiger partial charge >= 0.3 is 5.97 Å². The van der Waals surface area contributed by atoms with Crippen molar-refractivity contribution in [1.29, 1.82) is 0 Å². The molecule has 0 saturated carbocycles. The number of hydrogen-bond acceptors (Lipinski definition) is 4. The fraction of sp³-hybridized carbons (Fsp3) is 0.640. The van der Waals surface area contributed by atoms with E-state index in [-0.39, 0.29) is 5.41 Å². The molecule has 2 aliphatic rings. The van der Waals surface area contributed by atoms with Crippen molar-refractivity contribution < 1.29 is 19.7 Å². The molecule has 0 saturated heterocycles. The average Bonchev–Trinajstić information content (AvgIpc) is 2.91. The van der Waals surface area contributed by atoms with E-state index in [2.05, 4.69) is 38.5 Å². The number of ether oxygens (including phenoxy) is 1. The molecule has 0 amide bonds. The summed E-state index contributed by atoms with van der Waals surface area (Å²) in [5.74, 6) is -0.471. The molecule has 2 unspecified atom stereocenters. The minimum absolute atomic E-state index is 0.249. The van der Waals surface area contributed by atoms with E-state index in [1.165, 1.54) is 42.1 Å². The molecule has 0 aromatic carbocycles. The first-order valence-corrected chi connectivity index (χ1v) is 10.8. The quantitative estimate of drug-likeness (QED) is 0.394. The zero-order chi connectivity index (χ0) is 21.7. The van der Waals surface area contributed by atoms with Crippen LogP contribution in [0.1, 0.15) is 86.0 Å². The van der Waals surface area contributed by atoms with Crippen LogP contribution in [-0.2, 0) is 9.53 Å². The highest BCUT2D eigenvalue weighted by molar-refractivity contribution is 5.85. The molecule has 1 aliphatic carbocycles. The van der Waals surface area contributed by atoms with Crippen molar-refractivity contribution in [1.82, 2.24) is 0 Å². The Morgan fingerprint density at radius 1 is 1.38 bits per heavy atom. The monoisotopic (exact) mass is 402 g/mol. The van der Waals surface area contributed by atoms with Gasteiger partial charge in [0.05, 0.1) is 5.60 Å². The van der Waals surface area contributed by atoms with E-state index in [0.29, 0.717) is 12.0 Å². The van der Waals surface area contributed by atoms with Gasteiger partial charge in [-0.15, -0.1) is 0 Å². The van der Waals surface area contributed by atoms with Crippen LogP contribution in [0, 0.1) is 5.41 Å². The molecular weight excluding hydrogens is 364 g/mol. The number of rotatable bonds is 9. The molecule has 0 bridgehead atoms. The second-order valence-electron chi connectivity index (χ2n) is 9.56. The zero-order valence-electron chi connectivity index (χ0n) is 18.8. The first-order valence-electron chi connectivity index (χ1n) is 10.8. The molecule has 2 rings (SSSR count). The van der Waals surface area contributed by atoms with Crippen LogP contribution >= 0.6 is 0 Å². The number of carbonyl (C=O) groups excluding carboxylic acids is 1. The van der Waals surface area contributed by atoms with Gasteiger partial charge in [0.15, 0.2) is 0 Å². The van der Waals surface area contributed by atoms with Crippen LogP contribution in [0.4, 0.5) is 0 Å². The normalized spacial score (nSPS) is 24.7. The van der Waals surface area contributed by atoms with Gasteiger partial charge in [-0.2, -0.15) is 0 Å². The largest absolute Gasteiger partial charge is 0.429 e. The molecule has 0 spiro atoms. The van der Waals surface area contributed by atoms with Crippen LogP contribution in [0.5, 0.6) is 0 Å². The average molecular weight is 403 g/mol. The Balaban J connectivity index is 1.80. The Labute approximate surface area is 176 Å². The smallest absolute Gasteiger partial charge is 0.333 e. The maximum Gasteiger partial charge on any atom is 0.333 e. The highest BCUT2D eigenvalue weighted by Crippen LogP contribution is 2.43. The number of allylic oxidation sites excluding steroid dienone is 5. The van der Waals surface area contributed by atoms with Gasteiger partial charge in [0.1, 0.15) is 0 Å². The molecule has 0 radical (unpaired) electrons. The zero-order valence-corrected chi connectivity index (χ0v) is 18.8. The molecule has 4 heteroatoms. The van der Waals surface area contributed by atoms with E-state index in [9.17, 15) is 15.0 Å². The summed E-state index contributed by atoms with van der Waals surface area (Å²) < 4.78 is 4.68. The molecule has 29 heavy (non-hydrogen) atoms. The molecule has 162 valence electrons. The van der Waals surface area contributed by atoms with Gasteiger partial charge in [-0.25, -0.2) is 4.79 Å². The van der Waals surface area contributed by atoms with Crippen LogP contribution in [0.2, 0.25) is 0 Å². The number of aliphatic hydroxyl groups excluding tert-OH is 1. The summed E-state index contributed by atoms with van der Waals surface area (Å²) >= 11 is 0. The molecule has 0 aromatic heterocycles. The van der Waals surface area contributed by atoms with Crippen molar-refractivity contribution in [3.63, 3.8) is 0 Å². The highest BCUT2D eigenvalue weighted by Gasteiger charge is 2.29. The third-order valence-corrected chi connectivity index (χ3v) is 6.26. The molecule has 2 N–H and O–H groups in total. The van der Waals surface area contributed by atoms with E-state index in [1.54, 1.807) is 0 Å². The van der Waals surface area contributed by atoms with Crippen LogP contribution in [0.15, 0.2) is 46.6 Å². The van der Waals surface area contributed by atoms with Crippen molar-refractivity contribution in [2.75, 3.05) is 0 Å². The summed E-state index contributed by atoms with van der Waals surface area (Å²) in [6.07, 6.45) is 13.9. The highest BCUT2D eigenvalue weighted by atomic mass is 16.6. The maximum atomic E-state index is 11.1. The minimum atomic E-state index is -1.08. The fourth-order valence-corrected chi connectivity index (χ4v) is 4.39. The van der Waals surface area contributed by atoms with Gasteiger partial charge in [0.25, 0.3) is 0 Å². The predicted octanol–water partition coefficient (Wildman–Crippen LogP) is 5.52. The number of cyclic esters (lactones) is 1. The van der Waals surface area contributed by atoms with Crippen LogP contribution in [-0.4, -0.2) is 28.1 Å². The molecule has 1 heterocycles. The first-order chi connectivity index (χ1) is 13.5. The Hall–Kier alpha value is -1.65. The SMILES string of the molecule is CC1=C(CCC(C)(O)/C=C/C/C(C)=C/CCC2=CC(=O)OC2O)C(C)(C)CCC1. The van der Waals surface area contributed by atoms with Gasteiger partial charge < -0.3 is 14.9 Å². The minimum Gasteiger partial charge on any atom is -0.429 e. The van der Waals surface area contributed by atoms with E-state index in [0.717, 1.165) is 25.7 Å². The van der Waals surface area contributed by atoms with E-state index in [4.69, 9.17) is 0 Å². The van der Waals surface area contributed by atoms with Crippen LogP contribution in [0.25, 0.3) is 0 Å². The van der Waals surface area contributed by atoms with Gasteiger partial charge in [0.2, 0.25) is 6.29 Å². The Kier molecular flexibility index (Phi) is 8.07. The van der Waals surface area contributed by atoms with Crippen molar-refractivity contribution in [3.05, 3.63) is 46.6 Å². The van der Waals surface area contributed by atoms with Crippen molar-refractivity contribution in [3.8, 4) is 0 Å². The van der Waals surface area contributed by atoms with Crippen molar-refractivity contribution in [2.45, 2.75) is 97.9 Å². The summed E-state index contributed by atoms with van der Waals surface area (Å²) in [5.41, 5.74) is 4.31. The van der Waals surface area contributed by atoms with E-state index < -0.39 is 17.9 Å². The lowest BCUT2D eigenvalue weighted by atomic mass is 9.70. The Morgan fingerprint density at radius 2 is 2.10 bits per heavy atom. The molecule has 1 aliphatic heterocycles. The first kappa shape index (κ1) is 23.6. The summed E-state index contributed by atoms with van der Waals surface area (Å²) in [7, 11) is 0. The second kappa shape index (κ2) is 9.90. The van der Waals surface area contributed by atoms with Crippen LogP contribution < -0.4 is 0 Å². The van der Waals surface area contributed by atoms with Gasteiger partial charge in [-0.05, 0) is 77.6 Å². The molecule has 0 fully saturated rings. The van der Waals surface area contributed by atoms with Crippen LogP contribution in [0.3, 0.4) is 0 Å². The Bertz CT molecular complexity index is 719. The topological polar surface area (TPSA) is 66.8 Å². The van der Waals surface area contributed by atoms with Crippen molar-refractivity contribution in [2.24, 2.45) is 5.41 Å². The second-order valence-corrected chi connectivity index (χ2v) is 9.56. The lowest BCUT2D eigenvalue weighted by Crippen LogP contribution is -2.25. The third-order valence-electron chi connectivity index (χ3n) is 6.26. The van der Waals surface area contributed by atoms with E-state index >= 15 is 0 Å². The number of aliphatic hydroxyl groups is 2. The van der Waals surface area contributed by atoms with Crippen molar-refractivity contribution >= 4 is 5.97 Å². The lowest BCUT2D eigenvalue weighted by molar-refractivity contribution is -0.151. The van der Waals surface area contributed by atoms with E-state index in [1.807, 2.05) is 19.1 Å². The fourth-order valence-electron chi connectivity index (χ4n) is 4.39. The molecule has 4 nitrogen and oxygen atoms in total. The van der Waals surface area contributed by atoms with Gasteiger partial charge in [-0.1, -0.05) is 48.8 Å². The molecular formula is C25H38O4.